The Morgan fingerprint density at radius 2 is 1.78 bits per heavy atom. The molecule has 0 spiro atoms. The van der Waals surface area contributed by atoms with Crippen LogP contribution in [0.5, 0.6) is 0 Å². The second-order valence-electron chi connectivity index (χ2n) is 8.48. The summed E-state index contributed by atoms with van der Waals surface area (Å²) in [5.74, 6) is 0.232. The van der Waals surface area contributed by atoms with E-state index in [0.717, 1.165) is 46.6 Å². The first-order valence-corrected chi connectivity index (χ1v) is 11.9. The lowest BCUT2D eigenvalue weighted by Crippen LogP contribution is -2.30. The predicted octanol–water partition coefficient (Wildman–Crippen LogP) is 5.40. The van der Waals surface area contributed by atoms with Crippen LogP contribution in [0, 0.1) is 5.92 Å². The van der Waals surface area contributed by atoms with Gasteiger partial charge in [-0.3, -0.25) is 9.59 Å². The van der Waals surface area contributed by atoms with Crippen molar-refractivity contribution in [3.63, 3.8) is 0 Å². The van der Waals surface area contributed by atoms with E-state index in [1.54, 1.807) is 0 Å². The van der Waals surface area contributed by atoms with Crippen LogP contribution in [0.4, 0.5) is 11.4 Å². The highest BCUT2D eigenvalue weighted by Gasteiger charge is 2.25. The van der Waals surface area contributed by atoms with Crippen LogP contribution in [0.1, 0.15) is 40.1 Å². The molecule has 0 aliphatic heterocycles. The molecular weight excluding hydrogens is 418 g/mol. The molecule has 32 heavy (non-hydrogen) atoms. The topological polar surface area (TPSA) is 52.7 Å². The van der Waals surface area contributed by atoms with Crippen LogP contribution in [0.25, 0.3) is 0 Å². The van der Waals surface area contributed by atoms with Gasteiger partial charge in [0, 0.05) is 44.5 Å². The quantitative estimate of drug-likeness (QED) is 0.503. The van der Waals surface area contributed by atoms with Crippen molar-refractivity contribution in [2.24, 2.45) is 5.92 Å². The van der Waals surface area contributed by atoms with Gasteiger partial charge in [-0.1, -0.05) is 42.8 Å². The Kier molecular flexibility index (Phi) is 6.90. The van der Waals surface area contributed by atoms with Crippen molar-refractivity contribution in [2.75, 3.05) is 24.3 Å². The largest absolute Gasteiger partial charge is 0.377 e. The third-order valence-corrected chi connectivity index (χ3v) is 6.76. The van der Waals surface area contributed by atoms with Crippen molar-refractivity contribution >= 4 is 34.5 Å². The van der Waals surface area contributed by atoms with E-state index in [-0.39, 0.29) is 17.7 Å². The first-order chi connectivity index (χ1) is 15.5. The maximum atomic E-state index is 13.3. The van der Waals surface area contributed by atoms with Gasteiger partial charge in [0.2, 0.25) is 5.91 Å². The predicted molar refractivity (Wildman–Crippen MR) is 131 cm³/mol. The molecule has 2 aromatic carbocycles. The lowest BCUT2D eigenvalue weighted by molar-refractivity contribution is -0.122. The van der Waals surface area contributed by atoms with Gasteiger partial charge in [0.15, 0.2) is 0 Å². The first-order valence-electron chi connectivity index (χ1n) is 11.0. The summed E-state index contributed by atoms with van der Waals surface area (Å²) in [5.41, 5.74) is 3.90. The van der Waals surface area contributed by atoms with Gasteiger partial charge in [-0.2, -0.15) is 0 Å². The summed E-state index contributed by atoms with van der Waals surface area (Å²) in [6.45, 7) is 0.968. The number of carbonyl (C=O) groups excluding carboxylic acids is 2. The van der Waals surface area contributed by atoms with Crippen molar-refractivity contribution in [3.05, 3.63) is 82.0 Å². The van der Waals surface area contributed by atoms with Crippen molar-refractivity contribution in [1.29, 1.82) is 0 Å². The second-order valence-corrected chi connectivity index (χ2v) is 9.43. The number of amides is 2. The van der Waals surface area contributed by atoms with Crippen LogP contribution in [0.15, 0.2) is 66.0 Å². The molecule has 4 rings (SSSR count). The molecular formula is C26H29N3O2S. The molecule has 1 N–H and O–H groups in total. The van der Waals surface area contributed by atoms with Gasteiger partial charge >= 0.3 is 0 Å². The van der Waals surface area contributed by atoms with E-state index in [4.69, 9.17) is 0 Å². The summed E-state index contributed by atoms with van der Waals surface area (Å²) >= 11 is 1.46. The van der Waals surface area contributed by atoms with E-state index in [2.05, 4.69) is 5.32 Å². The highest BCUT2D eigenvalue weighted by atomic mass is 32.1. The fourth-order valence-corrected chi connectivity index (χ4v) is 4.60. The highest BCUT2D eigenvalue weighted by molar-refractivity contribution is 7.12. The SMILES string of the molecule is CN(C)c1ccc(NC(=O)C2CCC2)cc1CN(Cc1ccccc1)C(=O)c1cccs1. The monoisotopic (exact) mass is 447 g/mol. The number of nitrogens with one attached hydrogen (secondary N) is 1. The zero-order valence-corrected chi connectivity index (χ0v) is 19.4. The molecule has 1 heterocycles. The van der Waals surface area contributed by atoms with E-state index in [1.165, 1.54) is 11.3 Å². The molecule has 166 valence electrons. The molecule has 1 saturated carbocycles. The highest BCUT2D eigenvalue weighted by Crippen LogP contribution is 2.30. The van der Waals surface area contributed by atoms with Crippen LogP contribution in [-0.4, -0.2) is 30.8 Å². The molecule has 0 radical (unpaired) electrons. The molecule has 1 aromatic heterocycles. The molecule has 0 bridgehead atoms. The summed E-state index contributed by atoms with van der Waals surface area (Å²) in [5, 5.41) is 5.00. The Labute approximate surface area is 193 Å². The standard InChI is InChI=1S/C26H29N3O2S/c1-28(2)23-14-13-22(27-25(30)20-10-6-11-20)16-21(23)18-29(17-19-8-4-3-5-9-19)26(31)24-12-7-15-32-24/h3-5,7-9,12-16,20H,6,10-11,17-18H2,1-2H3,(H,27,30). The van der Waals surface area contributed by atoms with E-state index < -0.39 is 0 Å². The van der Waals surface area contributed by atoms with Crippen LogP contribution in [0.2, 0.25) is 0 Å². The van der Waals surface area contributed by atoms with Gasteiger partial charge in [-0.05, 0) is 53.6 Å². The van der Waals surface area contributed by atoms with Gasteiger partial charge in [0.05, 0.1) is 4.88 Å². The van der Waals surface area contributed by atoms with Crippen LogP contribution in [0.3, 0.4) is 0 Å². The average molecular weight is 448 g/mol. The fraction of sp³-hybridized carbons (Fsp3) is 0.308. The maximum absolute atomic E-state index is 13.3. The number of benzene rings is 2. The van der Waals surface area contributed by atoms with Gasteiger partial charge in [0.1, 0.15) is 0 Å². The van der Waals surface area contributed by atoms with E-state index >= 15 is 0 Å². The Hall–Kier alpha value is -3.12. The summed E-state index contributed by atoms with van der Waals surface area (Å²) < 4.78 is 0. The van der Waals surface area contributed by atoms with Crippen LogP contribution >= 0.6 is 11.3 Å². The summed E-state index contributed by atoms with van der Waals surface area (Å²) in [6.07, 6.45) is 3.06. The Morgan fingerprint density at radius 1 is 1.00 bits per heavy atom. The number of hydrogen-bond acceptors (Lipinski definition) is 4. The fourth-order valence-electron chi connectivity index (χ4n) is 3.91. The van der Waals surface area contributed by atoms with Gasteiger partial charge in [-0.25, -0.2) is 0 Å². The minimum atomic E-state index is 0.0115. The maximum Gasteiger partial charge on any atom is 0.264 e. The molecule has 5 nitrogen and oxygen atoms in total. The summed E-state index contributed by atoms with van der Waals surface area (Å²) in [6, 6.07) is 19.8. The van der Waals surface area contributed by atoms with Crippen LogP contribution < -0.4 is 10.2 Å². The molecule has 6 heteroatoms. The molecule has 0 atom stereocenters. The minimum Gasteiger partial charge on any atom is -0.377 e. The van der Waals surface area contributed by atoms with Crippen molar-refractivity contribution in [3.8, 4) is 0 Å². The molecule has 1 aliphatic rings. The zero-order chi connectivity index (χ0) is 22.5. The van der Waals surface area contributed by atoms with Gasteiger partial charge in [0.25, 0.3) is 5.91 Å². The third kappa shape index (κ3) is 5.19. The molecule has 3 aromatic rings. The normalized spacial score (nSPS) is 13.3. The Balaban J connectivity index is 1.62. The number of carbonyl (C=O) groups is 2. The molecule has 0 saturated heterocycles. The second kappa shape index (κ2) is 10.0. The van der Waals surface area contributed by atoms with Crippen molar-refractivity contribution in [1.82, 2.24) is 4.90 Å². The summed E-state index contributed by atoms with van der Waals surface area (Å²) in [7, 11) is 3.99. The Bertz CT molecular complexity index is 1060. The number of nitrogens with zero attached hydrogens (tertiary/aromatic N) is 2. The smallest absolute Gasteiger partial charge is 0.264 e. The van der Waals surface area contributed by atoms with Gasteiger partial charge < -0.3 is 15.1 Å². The minimum absolute atomic E-state index is 0.0115. The van der Waals surface area contributed by atoms with E-state index in [0.29, 0.717) is 13.1 Å². The van der Waals surface area contributed by atoms with Gasteiger partial charge in [-0.15, -0.1) is 11.3 Å². The van der Waals surface area contributed by atoms with Crippen molar-refractivity contribution < 1.29 is 9.59 Å². The van der Waals surface area contributed by atoms with E-state index in [9.17, 15) is 9.59 Å². The van der Waals surface area contributed by atoms with Crippen molar-refractivity contribution in [2.45, 2.75) is 32.4 Å². The van der Waals surface area contributed by atoms with E-state index in [1.807, 2.05) is 89.9 Å². The molecule has 1 fully saturated rings. The molecule has 2 amide bonds. The number of rotatable bonds is 8. The summed E-state index contributed by atoms with van der Waals surface area (Å²) in [4.78, 5) is 30.5. The number of anilines is 2. The number of hydrogen-bond donors (Lipinski definition) is 1. The molecule has 1 aliphatic carbocycles. The average Bonchev–Trinajstić information content (AvgIpc) is 3.27. The third-order valence-electron chi connectivity index (χ3n) is 5.90. The number of thiophene rings is 1. The lowest BCUT2D eigenvalue weighted by atomic mass is 9.85. The Morgan fingerprint density at radius 3 is 2.41 bits per heavy atom. The molecule has 0 unspecified atom stereocenters. The van der Waals surface area contributed by atoms with Crippen LogP contribution in [-0.2, 0) is 17.9 Å². The first kappa shape index (κ1) is 22.1. The zero-order valence-electron chi connectivity index (χ0n) is 18.6. The lowest BCUT2D eigenvalue weighted by Gasteiger charge is -2.27.